The SMILES string of the molecule is COc1ccc(Cc2nc(C(=O)NC(CC(C)C)C(=O)O)cs2)cc1. The number of carbonyl (C=O) groups is 2. The Morgan fingerprint density at radius 3 is 2.52 bits per heavy atom. The van der Waals surface area contributed by atoms with E-state index in [2.05, 4.69) is 10.3 Å². The molecule has 25 heavy (non-hydrogen) atoms. The Morgan fingerprint density at radius 2 is 1.96 bits per heavy atom. The molecule has 0 spiro atoms. The molecule has 134 valence electrons. The molecule has 1 unspecified atom stereocenters. The van der Waals surface area contributed by atoms with Crippen molar-refractivity contribution in [3.05, 3.63) is 45.9 Å². The highest BCUT2D eigenvalue weighted by atomic mass is 32.1. The number of amides is 1. The van der Waals surface area contributed by atoms with Gasteiger partial charge in [-0.25, -0.2) is 9.78 Å². The van der Waals surface area contributed by atoms with Crippen molar-refractivity contribution in [3.8, 4) is 5.75 Å². The number of thiazole rings is 1. The van der Waals surface area contributed by atoms with Crippen molar-refractivity contribution < 1.29 is 19.4 Å². The van der Waals surface area contributed by atoms with Gasteiger partial charge in [0.2, 0.25) is 0 Å². The van der Waals surface area contributed by atoms with Gasteiger partial charge in [0.1, 0.15) is 17.5 Å². The van der Waals surface area contributed by atoms with E-state index < -0.39 is 17.9 Å². The van der Waals surface area contributed by atoms with Crippen LogP contribution < -0.4 is 10.1 Å². The second kappa shape index (κ2) is 8.62. The maximum absolute atomic E-state index is 12.2. The number of methoxy groups -OCH3 is 1. The van der Waals surface area contributed by atoms with Gasteiger partial charge in [-0.1, -0.05) is 26.0 Å². The maximum Gasteiger partial charge on any atom is 0.326 e. The van der Waals surface area contributed by atoms with Crippen LogP contribution in [0, 0.1) is 5.92 Å². The fourth-order valence-electron chi connectivity index (χ4n) is 2.34. The summed E-state index contributed by atoms with van der Waals surface area (Å²) in [6.45, 7) is 3.83. The zero-order valence-corrected chi connectivity index (χ0v) is 15.3. The second-order valence-electron chi connectivity index (χ2n) is 6.15. The summed E-state index contributed by atoms with van der Waals surface area (Å²) in [6, 6.07) is 6.74. The summed E-state index contributed by atoms with van der Waals surface area (Å²) in [5.74, 6) is -0.531. The summed E-state index contributed by atoms with van der Waals surface area (Å²) < 4.78 is 5.12. The van der Waals surface area contributed by atoms with Crippen molar-refractivity contribution in [1.29, 1.82) is 0 Å². The van der Waals surface area contributed by atoms with Crippen LogP contribution in [0.3, 0.4) is 0 Å². The van der Waals surface area contributed by atoms with Gasteiger partial charge in [0.15, 0.2) is 0 Å². The van der Waals surface area contributed by atoms with Crippen molar-refractivity contribution >= 4 is 23.2 Å². The maximum atomic E-state index is 12.2. The average Bonchev–Trinajstić information content (AvgIpc) is 3.03. The summed E-state index contributed by atoms with van der Waals surface area (Å²) in [5.41, 5.74) is 1.31. The molecule has 6 nitrogen and oxygen atoms in total. The number of aromatic nitrogens is 1. The average molecular weight is 362 g/mol. The van der Waals surface area contributed by atoms with E-state index in [0.717, 1.165) is 16.3 Å². The molecular weight excluding hydrogens is 340 g/mol. The van der Waals surface area contributed by atoms with Gasteiger partial charge < -0.3 is 15.2 Å². The third-order valence-electron chi connectivity index (χ3n) is 3.61. The molecule has 0 saturated carbocycles. The molecule has 1 aromatic carbocycles. The number of carbonyl (C=O) groups excluding carboxylic acids is 1. The van der Waals surface area contributed by atoms with Gasteiger partial charge in [0, 0.05) is 11.8 Å². The number of nitrogens with one attached hydrogen (secondary N) is 1. The molecule has 1 aromatic heterocycles. The van der Waals surface area contributed by atoms with E-state index in [0.29, 0.717) is 12.8 Å². The summed E-state index contributed by atoms with van der Waals surface area (Å²) in [7, 11) is 1.62. The number of aliphatic carboxylic acids is 1. The van der Waals surface area contributed by atoms with E-state index in [-0.39, 0.29) is 11.6 Å². The lowest BCUT2D eigenvalue weighted by atomic mass is 10.0. The molecule has 1 atom stereocenters. The molecule has 0 radical (unpaired) electrons. The van der Waals surface area contributed by atoms with Gasteiger partial charge >= 0.3 is 5.97 Å². The largest absolute Gasteiger partial charge is 0.497 e. The van der Waals surface area contributed by atoms with E-state index in [1.165, 1.54) is 11.3 Å². The predicted octanol–water partition coefficient (Wildman–Crippen LogP) is 2.97. The Morgan fingerprint density at radius 1 is 1.28 bits per heavy atom. The minimum absolute atomic E-state index is 0.169. The highest BCUT2D eigenvalue weighted by molar-refractivity contribution is 7.09. The molecule has 2 N–H and O–H groups in total. The minimum Gasteiger partial charge on any atom is -0.497 e. The molecule has 0 fully saturated rings. The zero-order chi connectivity index (χ0) is 18.4. The van der Waals surface area contributed by atoms with Gasteiger partial charge in [-0.3, -0.25) is 4.79 Å². The van der Waals surface area contributed by atoms with Crippen LogP contribution in [0.15, 0.2) is 29.6 Å². The lowest BCUT2D eigenvalue weighted by Crippen LogP contribution is -2.41. The van der Waals surface area contributed by atoms with Crippen molar-refractivity contribution in [3.63, 3.8) is 0 Å². The van der Waals surface area contributed by atoms with E-state index >= 15 is 0 Å². The number of rotatable bonds is 8. The van der Waals surface area contributed by atoms with Crippen LogP contribution in [0.2, 0.25) is 0 Å². The van der Waals surface area contributed by atoms with Gasteiger partial charge in [-0.05, 0) is 30.0 Å². The van der Waals surface area contributed by atoms with Crippen LogP contribution in [-0.4, -0.2) is 35.1 Å². The zero-order valence-electron chi connectivity index (χ0n) is 14.5. The second-order valence-corrected chi connectivity index (χ2v) is 7.09. The summed E-state index contributed by atoms with van der Waals surface area (Å²) in [5, 5.41) is 14.2. The first kappa shape index (κ1) is 18.9. The summed E-state index contributed by atoms with van der Waals surface area (Å²) in [6.07, 6.45) is 0.986. The number of ether oxygens (including phenoxy) is 1. The number of hydrogen-bond donors (Lipinski definition) is 2. The normalized spacial score (nSPS) is 12.0. The first-order valence-corrected chi connectivity index (χ1v) is 8.88. The van der Waals surface area contributed by atoms with Crippen LogP contribution in [0.5, 0.6) is 5.75 Å². The Hall–Kier alpha value is -2.41. The van der Waals surface area contributed by atoms with Crippen LogP contribution in [0.25, 0.3) is 0 Å². The fourth-order valence-corrected chi connectivity index (χ4v) is 3.15. The Bertz CT molecular complexity index is 725. The summed E-state index contributed by atoms with van der Waals surface area (Å²) in [4.78, 5) is 27.8. The van der Waals surface area contributed by atoms with Gasteiger partial charge in [0.05, 0.1) is 12.1 Å². The van der Waals surface area contributed by atoms with Crippen molar-refractivity contribution in [2.45, 2.75) is 32.7 Å². The van der Waals surface area contributed by atoms with E-state index in [4.69, 9.17) is 4.74 Å². The van der Waals surface area contributed by atoms with Crippen LogP contribution in [-0.2, 0) is 11.2 Å². The molecule has 1 heterocycles. The number of nitrogens with zero attached hydrogens (tertiary/aromatic N) is 1. The van der Waals surface area contributed by atoms with Crippen molar-refractivity contribution in [1.82, 2.24) is 10.3 Å². The van der Waals surface area contributed by atoms with E-state index in [9.17, 15) is 14.7 Å². The van der Waals surface area contributed by atoms with E-state index in [1.807, 2.05) is 38.1 Å². The number of carboxylic acid groups (broad SMARTS) is 1. The molecule has 0 aliphatic carbocycles. The molecule has 0 bridgehead atoms. The number of hydrogen-bond acceptors (Lipinski definition) is 5. The van der Waals surface area contributed by atoms with Crippen molar-refractivity contribution in [2.75, 3.05) is 7.11 Å². The minimum atomic E-state index is -1.03. The molecule has 0 saturated heterocycles. The number of carboxylic acids is 1. The highest BCUT2D eigenvalue weighted by Crippen LogP contribution is 2.18. The third-order valence-corrected chi connectivity index (χ3v) is 4.46. The highest BCUT2D eigenvalue weighted by Gasteiger charge is 2.22. The molecule has 7 heteroatoms. The molecule has 2 rings (SSSR count). The molecule has 2 aromatic rings. The topological polar surface area (TPSA) is 88.5 Å². The van der Waals surface area contributed by atoms with Crippen LogP contribution in [0.4, 0.5) is 0 Å². The predicted molar refractivity (Wildman–Crippen MR) is 96.3 cm³/mol. The lowest BCUT2D eigenvalue weighted by Gasteiger charge is -2.15. The number of benzene rings is 1. The Kier molecular flexibility index (Phi) is 6.52. The Labute approximate surface area is 150 Å². The first-order chi connectivity index (χ1) is 11.9. The monoisotopic (exact) mass is 362 g/mol. The lowest BCUT2D eigenvalue weighted by molar-refractivity contribution is -0.139. The van der Waals surface area contributed by atoms with Crippen LogP contribution >= 0.6 is 11.3 Å². The van der Waals surface area contributed by atoms with Gasteiger partial charge in [0.25, 0.3) is 5.91 Å². The molecule has 1 amide bonds. The third kappa shape index (κ3) is 5.56. The standard InChI is InChI=1S/C18H22N2O4S/c1-11(2)8-14(18(22)23)20-17(21)15-10-25-16(19-15)9-12-4-6-13(24-3)7-5-12/h4-7,10-11,14H,8-9H2,1-3H3,(H,20,21)(H,22,23). The van der Waals surface area contributed by atoms with E-state index in [1.54, 1.807) is 12.5 Å². The van der Waals surface area contributed by atoms with Crippen molar-refractivity contribution in [2.24, 2.45) is 5.92 Å². The smallest absolute Gasteiger partial charge is 0.326 e. The molecule has 0 aliphatic rings. The van der Waals surface area contributed by atoms with Gasteiger partial charge in [-0.2, -0.15) is 0 Å². The summed E-state index contributed by atoms with van der Waals surface area (Å²) >= 11 is 1.38. The first-order valence-electron chi connectivity index (χ1n) is 8.00. The quantitative estimate of drug-likeness (QED) is 0.754. The molecule has 0 aliphatic heterocycles. The molecular formula is C18H22N2O4S. The Balaban J connectivity index is 2.01. The van der Waals surface area contributed by atoms with Gasteiger partial charge in [-0.15, -0.1) is 11.3 Å². The van der Waals surface area contributed by atoms with Crippen LogP contribution in [0.1, 0.15) is 41.3 Å². The fraction of sp³-hybridized carbons (Fsp3) is 0.389.